The molecule has 126 valence electrons. The summed E-state index contributed by atoms with van der Waals surface area (Å²) in [6, 6.07) is 9.29. The van der Waals surface area contributed by atoms with E-state index in [0.29, 0.717) is 11.3 Å². The van der Waals surface area contributed by atoms with Crippen molar-refractivity contribution in [2.45, 2.75) is 26.9 Å². The predicted octanol–water partition coefficient (Wildman–Crippen LogP) is 3.88. The van der Waals surface area contributed by atoms with Crippen molar-refractivity contribution in [1.29, 1.82) is 0 Å². The van der Waals surface area contributed by atoms with Gasteiger partial charge in [0.1, 0.15) is 11.6 Å². The van der Waals surface area contributed by atoms with Crippen LogP contribution >= 0.6 is 0 Å². The summed E-state index contributed by atoms with van der Waals surface area (Å²) in [5.41, 5.74) is 1.98. The third kappa shape index (κ3) is 3.79. The Morgan fingerprint density at radius 1 is 1.04 bits per heavy atom. The van der Waals surface area contributed by atoms with Crippen molar-refractivity contribution in [3.05, 3.63) is 64.5 Å². The Morgan fingerprint density at radius 3 is 2.38 bits per heavy atom. The molecule has 24 heavy (non-hydrogen) atoms. The number of halogens is 1. The molecule has 0 N–H and O–H groups in total. The number of carbonyl (C=O) groups is 2. The molecule has 2 aromatic rings. The Labute approximate surface area is 140 Å². The maximum atomic E-state index is 13.9. The minimum Gasteiger partial charge on any atom is -0.497 e. The zero-order valence-electron chi connectivity index (χ0n) is 14.1. The lowest BCUT2D eigenvalue weighted by atomic mass is 9.99. The van der Waals surface area contributed by atoms with Gasteiger partial charge in [-0.1, -0.05) is 17.7 Å². The number of ether oxygens (including phenoxy) is 2. The van der Waals surface area contributed by atoms with Crippen molar-refractivity contribution in [1.82, 2.24) is 0 Å². The summed E-state index contributed by atoms with van der Waals surface area (Å²) >= 11 is 0. The molecule has 2 aromatic carbocycles. The van der Waals surface area contributed by atoms with E-state index in [0.717, 1.165) is 17.2 Å². The first-order valence-corrected chi connectivity index (χ1v) is 7.49. The van der Waals surface area contributed by atoms with Crippen LogP contribution in [0.5, 0.6) is 5.75 Å². The summed E-state index contributed by atoms with van der Waals surface area (Å²) < 4.78 is 23.9. The van der Waals surface area contributed by atoms with Gasteiger partial charge in [0.05, 0.1) is 12.7 Å². The van der Waals surface area contributed by atoms with Crippen LogP contribution in [0, 0.1) is 19.7 Å². The minimum absolute atomic E-state index is 0.239. The van der Waals surface area contributed by atoms with Crippen molar-refractivity contribution in [2.24, 2.45) is 0 Å². The van der Waals surface area contributed by atoms with E-state index in [-0.39, 0.29) is 11.3 Å². The fourth-order valence-electron chi connectivity index (χ4n) is 2.29. The molecule has 0 aliphatic rings. The predicted molar refractivity (Wildman–Crippen MR) is 88.1 cm³/mol. The number of hydrogen-bond acceptors (Lipinski definition) is 4. The zero-order chi connectivity index (χ0) is 17.9. The van der Waals surface area contributed by atoms with Gasteiger partial charge >= 0.3 is 5.97 Å². The topological polar surface area (TPSA) is 52.6 Å². The van der Waals surface area contributed by atoms with E-state index in [2.05, 4.69) is 0 Å². The summed E-state index contributed by atoms with van der Waals surface area (Å²) in [6.45, 7) is 5.16. The number of methoxy groups -OCH3 is 1. The van der Waals surface area contributed by atoms with Crippen LogP contribution in [0.2, 0.25) is 0 Å². The van der Waals surface area contributed by atoms with Gasteiger partial charge in [0.2, 0.25) is 5.78 Å². The lowest BCUT2D eigenvalue weighted by Gasteiger charge is -2.14. The van der Waals surface area contributed by atoms with Crippen molar-refractivity contribution < 1.29 is 23.5 Å². The van der Waals surface area contributed by atoms with Crippen molar-refractivity contribution in [3.8, 4) is 5.75 Å². The highest BCUT2D eigenvalue weighted by molar-refractivity contribution is 6.02. The van der Waals surface area contributed by atoms with E-state index in [9.17, 15) is 14.0 Å². The average molecular weight is 330 g/mol. The molecule has 0 aliphatic heterocycles. The van der Waals surface area contributed by atoms with E-state index in [4.69, 9.17) is 9.47 Å². The summed E-state index contributed by atoms with van der Waals surface area (Å²) in [7, 11) is 1.40. The number of aryl methyl sites for hydroxylation is 2. The average Bonchev–Trinajstić information content (AvgIpc) is 2.55. The second-order valence-corrected chi connectivity index (χ2v) is 5.58. The van der Waals surface area contributed by atoms with E-state index in [1.54, 1.807) is 6.07 Å². The highest BCUT2D eigenvalue weighted by atomic mass is 19.1. The SMILES string of the molecule is COc1ccc(C(=O)O[C@@H](C)C(=O)c2cc(C)ccc2C)c(F)c1. The Morgan fingerprint density at radius 2 is 1.75 bits per heavy atom. The second kappa shape index (κ2) is 7.25. The molecule has 0 unspecified atom stereocenters. The first-order chi connectivity index (χ1) is 11.3. The summed E-state index contributed by atoms with van der Waals surface area (Å²) in [6.07, 6.45) is -1.01. The molecule has 5 heteroatoms. The van der Waals surface area contributed by atoms with Crippen LogP contribution in [-0.4, -0.2) is 25.0 Å². The molecule has 0 amide bonds. The van der Waals surface area contributed by atoms with Crippen LogP contribution in [-0.2, 0) is 4.74 Å². The van der Waals surface area contributed by atoms with Gasteiger partial charge in [0, 0.05) is 11.6 Å². The fourth-order valence-corrected chi connectivity index (χ4v) is 2.29. The van der Waals surface area contributed by atoms with E-state index in [1.165, 1.54) is 26.2 Å². The van der Waals surface area contributed by atoms with Gasteiger partial charge in [0.25, 0.3) is 0 Å². The molecule has 0 spiro atoms. The highest BCUT2D eigenvalue weighted by Gasteiger charge is 2.23. The summed E-state index contributed by atoms with van der Waals surface area (Å²) in [5.74, 6) is -1.67. The monoisotopic (exact) mass is 330 g/mol. The fraction of sp³-hybridized carbons (Fsp3) is 0.263. The van der Waals surface area contributed by atoms with E-state index in [1.807, 2.05) is 26.0 Å². The Hall–Kier alpha value is -2.69. The van der Waals surface area contributed by atoms with Gasteiger partial charge in [-0.3, -0.25) is 4.79 Å². The molecule has 0 aromatic heterocycles. The molecule has 1 atom stereocenters. The molecule has 4 nitrogen and oxygen atoms in total. The number of rotatable bonds is 5. The molecule has 0 aliphatic carbocycles. The maximum absolute atomic E-state index is 13.9. The summed E-state index contributed by atoms with van der Waals surface area (Å²) in [5, 5.41) is 0. The quantitative estimate of drug-likeness (QED) is 0.617. The normalized spacial score (nSPS) is 11.7. The van der Waals surface area contributed by atoms with Crippen LogP contribution in [0.4, 0.5) is 4.39 Å². The molecule has 2 rings (SSSR count). The molecule has 0 fully saturated rings. The summed E-state index contributed by atoms with van der Waals surface area (Å²) in [4.78, 5) is 24.6. The lowest BCUT2D eigenvalue weighted by Crippen LogP contribution is -2.25. The number of ketones is 1. The molecule has 0 saturated heterocycles. The van der Waals surface area contributed by atoms with Crippen LogP contribution in [0.15, 0.2) is 36.4 Å². The highest BCUT2D eigenvalue weighted by Crippen LogP contribution is 2.19. The first-order valence-electron chi connectivity index (χ1n) is 7.49. The lowest BCUT2D eigenvalue weighted by molar-refractivity contribution is 0.0314. The van der Waals surface area contributed by atoms with Crippen LogP contribution < -0.4 is 4.74 Å². The second-order valence-electron chi connectivity index (χ2n) is 5.58. The molecule has 0 heterocycles. The largest absolute Gasteiger partial charge is 0.497 e. The molecule has 0 saturated carbocycles. The Bertz CT molecular complexity index is 783. The standard InChI is InChI=1S/C19H19FO4/c1-11-5-6-12(2)16(9-11)18(21)13(3)24-19(22)15-8-7-14(23-4)10-17(15)20/h5-10,13H,1-4H3/t13-/m0/s1. The van der Waals surface area contributed by atoms with Gasteiger partial charge in [-0.2, -0.15) is 0 Å². The van der Waals surface area contributed by atoms with Gasteiger partial charge in [0.15, 0.2) is 6.10 Å². The van der Waals surface area contributed by atoms with Gasteiger partial charge in [-0.15, -0.1) is 0 Å². The van der Waals surface area contributed by atoms with Crippen molar-refractivity contribution in [2.75, 3.05) is 7.11 Å². The third-order valence-electron chi connectivity index (χ3n) is 3.71. The van der Waals surface area contributed by atoms with Crippen molar-refractivity contribution in [3.63, 3.8) is 0 Å². The number of Topliss-reactive ketones (excluding diaryl/α,β-unsaturated/α-hetero) is 1. The molecular weight excluding hydrogens is 311 g/mol. The molecule has 0 radical (unpaired) electrons. The van der Waals surface area contributed by atoms with Crippen LogP contribution in [0.1, 0.15) is 38.8 Å². The minimum atomic E-state index is -1.01. The number of carbonyl (C=O) groups excluding carboxylic acids is 2. The molecule has 0 bridgehead atoms. The van der Waals surface area contributed by atoms with Gasteiger partial charge < -0.3 is 9.47 Å². The first kappa shape index (κ1) is 17.7. The third-order valence-corrected chi connectivity index (χ3v) is 3.71. The zero-order valence-corrected chi connectivity index (χ0v) is 14.1. The Kier molecular flexibility index (Phi) is 5.34. The maximum Gasteiger partial charge on any atom is 0.341 e. The number of benzene rings is 2. The van der Waals surface area contributed by atoms with Gasteiger partial charge in [-0.05, 0) is 44.5 Å². The van der Waals surface area contributed by atoms with Crippen LogP contribution in [0.25, 0.3) is 0 Å². The van der Waals surface area contributed by atoms with E-state index < -0.39 is 17.9 Å². The number of hydrogen-bond donors (Lipinski definition) is 0. The van der Waals surface area contributed by atoms with Crippen molar-refractivity contribution >= 4 is 11.8 Å². The van der Waals surface area contributed by atoms with E-state index >= 15 is 0 Å². The number of esters is 1. The van der Waals surface area contributed by atoms with Gasteiger partial charge in [-0.25, -0.2) is 9.18 Å². The smallest absolute Gasteiger partial charge is 0.341 e. The molecular formula is C19H19FO4. The van der Waals surface area contributed by atoms with Crippen LogP contribution in [0.3, 0.4) is 0 Å². The Balaban J connectivity index is 2.16.